The number of thioether (sulfide) groups is 1. The quantitative estimate of drug-likeness (QED) is 0.129. The number of sulfonamides is 1. The van der Waals surface area contributed by atoms with Gasteiger partial charge in [0.05, 0.1) is 17.2 Å². The molecule has 0 saturated heterocycles. The van der Waals surface area contributed by atoms with Crippen molar-refractivity contribution >= 4 is 39.3 Å². The Bertz CT molecular complexity index is 1760. The molecule has 0 aliphatic rings. The Kier molecular flexibility index (Phi) is 13.1. The van der Waals surface area contributed by atoms with Crippen molar-refractivity contribution < 1.29 is 22.7 Å². The summed E-state index contributed by atoms with van der Waals surface area (Å²) in [4.78, 5) is 31.3. The summed E-state index contributed by atoms with van der Waals surface area (Å²) in [7, 11) is -4.26. The topological polar surface area (TPSA) is 96.0 Å². The average Bonchev–Trinajstić information content (AvgIpc) is 3.09. The van der Waals surface area contributed by atoms with Crippen molar-refractivity contribution in [3.63, 3.8) is 0 Å². The van der Waals surface area contributed by atoms with E-state index in [0.29, 0.717) is 18.8 Å². The number of nitrogens with zero attached hydrogens (tertiary/aromatic N) is 2. The lowest BCUT2D eigenvalue weighted by molar-refractivity contribution is -0.140. The number of aryl methyl sites for hydroxylation is 1. The Morgan fingerprint density at radius 1 is 0.875 bits per heavy atom. The monoisotopic (exact) mass is 687 g/mol. The molecule has 0 spiro atoms. The van der Waals surface area contributed by atoms with E-state index in [0.717, 1.165) is 25.9 Å². The lowest BCUT2D eigenvalue weighted by Crippen LogP contribution is -2.54. The molecule has 0 fully saturated rings. The van der Waals surface area contributed by atoms with Crippen LogP contribution in [-0.4, -0.2) is 56.6 Å². The highest BCUT2D eigenvalue weighted by Gasteiger charge is 2.36. The second-order valence-corrected chi connectivity index (χ2v) is 14.4. The molecule has 0 bridgehead atoms. The van der Waals surface area contributed by atoms with Gasteiger partial charge in [0, 0.05) is 23.9 Å². The van der Waals surface area contributed by atoms with Crippen LogP contribution in [0.3, 0.4) is 0 Å². The maximum Gasteiger partial charge on any atom is 0.264 e. The zero-order chi connectivity index (χ0) is 34.7. The van der Waals surface area contributed by atoms with Crippen LogP contribution in [0.2, 0.25) is 0 Å². The Morgan fingerprint density at radius 3 is 2.19 bits per heavy atom. The van der Waals surface area contributed by atoms with Crippen molar-refractivity contribution in [2.75, 3.05) is 23.7 Å². The van der Waals surface area contributed by atoms with Crippen LogP contribution in [-0.2, 0) is 32.6 Å². The third kappa shape index (κ3) is 9.41. The maximum absolute atomic E-state index is 14.8. The van der Waals surface area contributed by atoms with E-state index in [1.807, 2.05) is 88.5 Å². The molecule has 48 heavy (non-hydrogen) atoms. The predicted octanol–water partition coefficient (Wildman–Crippen LogP) is 6.87. The van der Waals surface area contributed by atoms with E-state index in [4.69, 9.17) is 4.74 Å². The summed E-state index contributed by atoms with van der Waals surface area (Å²) in [6.45, 7) is 7.54. The Hall–Kier alpha value is -4.28. The SMILES string of the molecule is CCOc1ccccc1N(CC(=O)N(Cc1cccc(C)c1)[C@@H](Cc1ccccc1)C(=O)N[C@@H](C)CC)S(=O)(=O)c1ccc(SC)cc1. The van der Waals surface area contributed by atoms with Crippen LogP contribution in [0.25, 0.3) is 0 Å². The van der Waals surface area contributed by atoms with Gasteiger partial charge < -0.3 is 15.0 Å². The molecule has 0 heterocycles. The minimum Gasteiger partial charge on any atom is -0.492 e. The van der Waals surface area contributed by atoms with Crippen LogP contribution in [0, 0.1) is 6.92 Å². The molecule has 0 aliphatic heterocycles. The number of amides is 2. The van der Waals surface area contributed by atoms with Gasteiger partial charge in [-0.1, -0.05) is 79.2 Å². The number of para-hydroxylation sites is 2. The number of hydrogen-bond acceptors (Lipinski definition) is 6. The molecule has 0 aliphatic carbocycles. The minimum absolute atomic E-state index is 0.0417. The van der Waals surface area contributed by atoms with Crippen molar-refractivity contribution in [1.82, 2.24) is 10.2 Å². The largest absolute Gasteiger partial charge is 0.492 e. The van der Waals surface area contributed by atoms with Gasteiger partial charge in [-0.25, -0.2) is 8.42 Å². The minimum atomic E-state index is -4.26. The van der Waals surface area contributed by atoms with Crippen LogP contribution in [0.1, 0.15) is 43.9 Å². The molecule has 2 atom stereocenters. The number of carbonyl (C=O) groups excluding carboxylic acids is 2. The van der Waals surface area contributed by atoms with Crippen LogP contribution >= 0.6 is 11.8 Å². The van der Waals surface area contributed by atoms with Gasteiger partial charge in [-0.2, -0.15) is 0 Å². The Morgan fingerprint density at radius 2 is 1.54 bits per heavy atom. The second kappa shape index (κ2) is 17.2. The van der Waals surface area contributed by atoms with Crippen LogP contribution in [0.4, 0.5) is 5.69 Å². The van der Waals surface area contributed by atoms with Crippen LogP contribution in [0.15, 0.2) is 113 Å². The lowest BCUT2D eigenvalue weighted by Gasteiger charge is -2.34. The molecule has 4 rings (SSSR count). The zero-order valence-electron chi connectivity index (χ0n) is 28.3. The molecule has 4 aromatic rings. The van der Waals surface area contributed by atoms with Crippen molar-refractivity contribution in [2.24, 2.45) is 0 Å². The summed E-state index contributed by atoms with van der Waals surface area (Å²) in [5.74, 6) is -0.490. The highest BCUT2D eigenvalue weighted by Crippen LogP contribution is 2.33. The molecule has 0 aromatic heterocycles. The third-order valence-corrected chi connectivity index (χ3v) is 10.6. The zero-order valence-corrected chi connectivity index (χ0v) is 29.9. The lowest BCUT2D eigenvalue weighted by atomic mass is 10.0. The van der Waals surface area contributed by atoms with E-state index >= 15 is 0 Å². The molecule has 1 N–H and O–H groups in total. The van der Waals surface area contributed by atoms with Crippen LogP contribution < -0.4 is 14.4 Å². The van der Waals surface area contributed by atoms with E-state index in [1.54, 1.807) is 48.5 Å². The van der Waals surface area contributed by atoms with Crippen molar-refractivity contribution in [3.8, 4) is 5.75 Å². The number of anilines is 1. The molecule has 0 saturated carbocycles. The second-order valence-electron chi connectivity index (χ2n) is 11.6. The van der Waals surface area contributed by atoms with Gasteiger partial charge in [-0.05, 0) is 81.0 Å². The molecule has 254 valence electrons. The van der Waals surface area contributed by atoms with E-state index < -0.39 is 28.5 Å². The molecule has 0 radical (unpaired) electrons. The Labute approximate surface area is 289 Å². The summed E-state index contributed by atoms with van der Waals surface area (Å²) in [5.41, 5.74) is 2.95. The number of rotatable bonds is 16. The van der Waals surface area contributed by atoms with Gasteiger partial charge in [0.25, 0.3) is 10.0 Å². The predicted molar refractivity (Wildman–Crippen MR) is 194 cm³/mol. The van der Waals surface area contributed by atoms with Gasteiger partial charge in [-0.3, -0.25) is 13.9 Å². The van der Waals surface area contributed by atoms with E-state index in [9.17, 15) is 18.0 Å². The normalized spacial score (nSPS) is 12.5. The fourth-order valence-corrected chi connectivity index (χ4v) is 7.16. The summed E-state index contributed by atoms with van der Waals surface area (Å²) < 4.78 is 35.8. The van der Waals surface area contributed by atoms with E-state index in [-0.39, 0.29) is 35.5 Å². The van der Waals surface area contributed by atoms with Gasteiger partial charge in [-0.15, -0.1) is 11.8 Å². The van der Waals surface area contributed by atoms with Crippen molar-refractivity contribution in [3.05, 3.63) is 120 Å². The summed E-state index contributed by atoms with van der Waals surface area (Å²) in [6, 6.07) is 29.6. The van der Waals surface area contributed by atoms with Crippen molar-refractivity contribution in [2.45, 2.75) is 69.0 Å². The summed E-state index contributed by atoms with van der Waals surface area (Å²) in [5, 5.41) is 3.07. The average molecular weight is 688 g/mol. The molecule has 8 nitrogen and oxygen atoms in total. The van der Waals surface area contributed by atoms with Gasteiger partial charge in [0.15, 0.2) is 0 Å². The maximum atomic E-state index is 14.8. The highest BCUT2D eigenvalue weighted by molar-refractivity contribution is 7.98. The van der Waals surface area contributed by atoms with Crippen molar-refractivity contribution in [1.29, 1.82) is 0 Å². The standard InChI is InChI=1S/C38H45N3O5S2/c1-6-29(4)39-38(43)35(25-30-15-9-8-10-16-30)40(26-31-17-13-14-28(3)24-31)37(42)27-41(34-18-11-12-19-36(34)46-7-2)48(44,45)33-22-20-32(47-5)21-23-33/h8-24,29,35H,6-7,25-27H2,1-5H3,(H,39,43)/t29-,35-/m0/s1. The summed E-state index contributed by atoms with van der Waals surface area (Å²) >= 11 is 1.50. The number of nitrogens with one attached hydrogen (secondary N) is 1. The Balaban J connectivity index is 1.85. The molecular weight excluding hydrogens is 643 g/mol. The number of ether oxygens (including phenoxy) is 1. The first-order chi connectivity index (χ1) is 23.1. The third-order valence-electron chi connectivity index (χ3n) is 8.07. The number of carbonyl (C=O) groups is 2. The molecule has 0 unspecified atom stereocenters. The highest BCUT2D eigenvalue weighted by atomic mass is 32.2. The fourth-order valence-electron chi connectivity index (χ4n) is 5.33. The number of hydrogen-bond donors (Lipinski definition) is 1. The first kappa shape index (κ1) is 36.6. The smallest absolute Gasteiger partial charge is 0.264 e. The molecule has 4 aromatic carbocycles. The first-order valence-electron chi connectivity index (χ1n) is 16.1. The molecule has 2 amide bonds. The molecular formula is C38H45N3O5S2. The van der Waals surface area contributed by atoms with E-state index in [2.05, 4.69) is 5.32 Å². The number of benzene rings is 4. The van der Waals surface area contributed by atoms with Gasteiger partial charge in [0.1, 0.15) is 18.3 Å². The van der Waals surface area contributed by atoms with E-state index in [1.165, 1.54) is 16.7 Å². The van der Waals surface area contributed by atoms with Gasteiger partial charge in [0.2, 0.25) is 11.8 Å². The fraction of sp³-hybridized carbons (Fsp3) is 0.316. The summed E-state index contributed by atoms with van der Waals surface area (Å²) in [6.07, 6.45) is 2.88. The van der Waals surface area contributed by atoms with Gasteiger partial charge >= 0.3 is 0 Å². The first-order valence-corrected chi connectivity index (χ1v) is 18.8. The van der Waals surface area contributed by atoms with Crippen LogP contribution in [0.5, 0.6) is 5.75 Å². The molecule has 10 heteroatoms.